The summed E-state index contributed by atoms with van der Waals surface area (Å²) in [4.78, 5) is 2.13. The molecule has 1 atom stereocenters. The highest BCUT2D eigenvalue weighted by Gasteiger charge is 2.27. The van der Waals surface area contributed by atoms with E-state index in [1.54, 1.807) is 0 Å². The van der Waals surface area contributed by atoms with Gasteiger partial charge in [0.25, 0.3) is 0 Å². The quantitative estimate of drug-likeness (QED) is 0.590. The Balaban J connectivity index is 2.03. The highest BCUT2D eigenvalue weighted by Crippen LogP contribution is 2.17. The Morgan fingerprint density at radius 1 is 1.70 bits per heavy atom. The summed E-state index contributed by atoms with van der Waals surface area (Å²) in [7, 11) is 0. The first-order valence-corrected chi connectivity index (χ1v) is 4.95. The second kappa shape index (κ2) is 3.57. The Morgan fingerprint density at radius 3 is 2.70 bits per heavy atom. The standard InChI is InChI=1S/C6H14N2OS/c1-2-6-3-8(4-6)5-10(7)9/h6H,2-5,7H2,1H3. The molecule has 2 N–H and O–H groups in total. The lowest BCUT2D eigenvalue weighted by molar-refractivity contribution is 0.120. The van der Waals surface area contributed by atoms with E-state index in [4.69, 9.17) is 5.14 Å². The van der Waals surface area contributed by atoms with Crippen LogP contribution in [0, 0.1) is 5.92 Å². The van der Waals surface area contributed by atoms with Crippen LogP contribution in [0.25, 0.3) is 0 Å². The van der Waals surface area contributed by atoms with Crippen LogP contribution in [0.4, 0.5) is 0 Å². The number of likely N-dealkylation sites (tertiary alicyclic amines) is 1. The molecule has 10 heavy (non-hydrogen) atoms. The molecule has 0 aromatic carbocycles. The summed E-state index contributed by atoms with van der Waals surface area (Å²) >= 11 is -1.14. The molecule has 0 spiro atoms. The summed E-state index contributed by atoms with van der Waals surface area (Å²) in [6, 6.07) is 0. The van der Waals surface area contributed by atoms with E-state index in [0.29, 0.717) is 5.88 Å². The molecule has 0 amide bonds. The van der Waals surface area contributed by atoms with Crippen molar-refractivity contribution < 1.29 is 4.55 Å². The normalized spacial score (nSPS) is 24.3. The maximum atomic E-state index is 10.5. The van der Waals surface area contributed by atoms with E-state index in [0.717, 1.165) is 19.0 Å². The molecule has 60 valence electrons. The Morgan fingerprint density at radius 2 is 2.30 bits per heavy atom. The van der Waals surface area contributed by atoms with Gasteiger partial charge in [-0.05, 0) is 5.92 Å². The van der Waals surface area contributed by atoms with Crippen LogP contribution in [0.3, 0.4) is 0 Å². The average molecular weight is 162 g/mol. The van der Waals surface area contributed by atoms with Gasteiger partial charge in [-0.1, -0.05) is 13.3 Å². The highest BCUT2D eigenvalue weighted by molar-refractivity contribution is 7.89. The van der Waals surface area contributed by atoms with Gasteiger partial charge in [-0.3, -0.25) is 4.90 Å². The molecule has 3 nitrogen and oxygen atoms in total. The van der Waals surface area contributed by atoms with Crippen molar-refractivity contribution in [1.29, 1.82) is 0 Å². The van der Waals surface area contributed by atoms with E-state index in [1.165, 1.54) is 6.42 Å². The van der Waals surface area contributed by atoms with Gasteiger partial charge in [0, 0.05) is 13.1 Å². The number of nitrogens with zero attached hydrogens (tertiary/aromatic N) is 1. The van der Waals surface area contributed by atoms with Crippen molar-refractivity contribution >= 4 is 11.4 Å². The van der Waals surface area contributed by atoms with Crippen molar-refractivity contribution in [3.63, 3.8) is 0 Å². The zero-order chi connectivity index (χ0) is 7.56. The molecule has 4 heteroatoms. The van der Waals surface area contributed by atoms with E-state index in [-0.39, 0.29) is 0 Å². The molecule has 1 saturated heterocycles. The number of hydrogen-bond acceptors (Lipinski definition) is 3. The first kappa shape index (κ1) is 8.33. The predicted molar refractivity (Wildman–Crippen MR) is 42.6 cm³/mol. The van der Waals surface area contributed by atoms with Crippen LogP contribution in [0.15, 0.2) is 0 Å². The lowest BCUT2D eigenvalue weighted by Crippen LogP contribution is -2.49. The Bertz CT molecular complexity index is 104. The summed E-state index contributed by atoms with van der Waals surface area (Å²) in [5.74, 6) is 1.37. The number of nitrogens with two attached hydrogens (primary N) is 1. The fourth-order valence-corrected chi connectivity index (χ4v) is 1.79. The molecule has 1 unspecified atom stereocenters. The van der Waals surface area contributed by atoms with Crippen LogP contribution in [0.1, 0.15) is 13.3 Å². The minimum absolute atomic E-state index is 0.552. The molecule has 1 aliphatic rings. The van der Waals surface area contributed by atoms with E-state index >= 15 is 0 Å². The predicted octanol–water partition coefficient (Wildman–Crippen LogP) is -0.0919. The van der Waals surface area contributed by atoms with Crippen LogP contribution in [-0.2, 0) is 11.4 Å². The van der Waals surface area contributed by atoms with Gasteiger partial charge in [-0.25, -0.2) is 0 Å². The summed E-state index contributed by atoms with van der Waals surface area (Å²) in [5.41, 5.74) is 0. The minimum atomic E-state index is -1.14. The van der Waals surface area contributed by atoms with E-state index < -0.39 is 11.4 Å². The third-order valence-corrected chi connectivity index (χ3v) is 2.54. The summed E-state index contributed by atoms with van der Waals surface area (Å²) in [6.07, 6.45) is 1.23. The minimum Gasteiger partial charge on any atom is -0.597 e. The van der Waals surface area contributed by atoms with Crippen molar-refractivity contribution in [3.8, 4) is 0 Å². The SMILES string of the molecule is CCC1CN(C[S+](N)[O-])C1. The molecule has 0 aromatic rings. The van der Waals surface area contributed by atoms with Gasteiger partial charge in [0.1, 0.15) is 0 Å². The van der Waals surface area contributed by atoms with Gasteiger partial charge in [-0.15, -0.1) is 0 Å². The van der Waals surface area contributed by atoms with Crippen LogP contribution < -0.4 is 5.14 Å². The zero-order valence-electron chi connectivity index (χ0n) is 6.25. The average Bonchev–Trinajstić information content (AvgIpc) is 1.76. The van der Waals surface area contributed by atoms with Crippen LogP contribution >= 0.6 is 0 Å². The van der Waals surface area contributed by atoms with E-state index in [1.807, 2.05) is 0 Å². The lowest BCUT2D eigenvalue weighted by atomic mass is 9.99. The maximum Gasteiger partial charge on any atom is 0.179 e. The number of rotatable bonds is 3. The number of hydrogen-bond donors (Lipinski definition) is 1. The molecular formula is C6H14N2OS. The fraction of sp³-hybridized carbons (Fsp3) is 1.00. The van der Waals surface area contributed by atoms with Crippen molar-refractivity contribution in [1.82, 2.24) is 4.90 Å². The summed E-state index contributed by atoms with van der Waals surface area (Å²) in [6.45, 7) is 4.35. The third-order valence-electron chi connectivity index (χ3n) is 1.92. The Kier molecular flexibility index (Phi) is 2.97. The first-order chi connectivity index (χ1) is 4.72. The van der Waals surface area contributed by atoms with Crippen molar-refractivity contribution in [2.75, 3.05) is 19.0 Å². The highest BCUT2D eigenvalue weighted by atomic mass is 32.2. The third kappa shape index (κ3) is 2.12. The Labute approximate surface area is 64.9 Å². The van der Waals surface area contributed by atoms with Gasteiger partial charge in [-0.2, -0.15) is 5.14 Å². The molecule has 1 rings (SSSR count). The van der Waals surface area contributed by atoms with Gasteiger partial charge in [0.05, 0.1) is 11.4 Å². The van der Waals surface area contributed by atoms with Gasteiger partial charge in [0.15, 0.2) is 5.88 Å². The van der Waals surface area contributed by atoms with Crippen molar-refractivity contribution in [2.45, 2.75) is 13.3 Å². The molecule has 1 aliphatic heterocycles. The van der Waals surface area contributed by atoms with E-state index in [9.17, 15) is 4.55 Å². The second-order valence-electron chi connectivity index (χ2n) is 2.82. The monoisotopic (exact) mass is 162 g/mol. The van der Waals surface area contributed by atoms with Crippen molar-refractivity contribution in [2.24, 2.45) is 11.1 Å². The van der Waals surface area contributed by atoms with Crippen LogP contribution in [0.5, 0.6) is 0 Å². The van der Waals surface area contributed by atoms with E-state index in [2.05, 4.69) is 11.8 Å². The Hall–Kier alpha value is 0.230. The van der Waals surface area contributed by atoms with Gasteiger partial charge in [0.2, 0.25) is 0 Å². The second-order valence-corrected chi connectivity index (χ2v) is 3.84. The molecule has 0 aromatic heterocycles. The van der Waals surface area contributed by atoms with Gasteiger partial charge >= 0.3 is 0 Å². The molecule has 1 heterocycles. The van der Waals surface area contributed by atoms with Gasteiger partial charge < -0.3 is 4.55 Å². The summed E-state index contributed by atoms with van der Waals surface area (Å²) < 4.78 is 10.5. The topological polar surface area (TPSA) is 52.3 Å². The van der Waals surface area contributed by atoms with Crippen LogP contribution in [-0.4, -0.2) is 28.4 Å². The first-order valence-electron chi connectivity index (χ1n) is 3.57. The maximum absolute atomic E-state index is 10.5. The molecule has 0 saturated carbocycles. The smallest absolute Gasteiger partial charge is 0.179 e. The molecular weight excluding hydrogens is 148 g/mol. The van der Waals surface area contributed by atoms with Crippen molar-refractivity contribution in [3.05, 3.63) is 0 Å². The molecule has 0 bridgehead atoms. The molecule has 1 fully saturated rings. The lowest BCUT2D eigenvalue weighted by Gasteiger charge is -2.37. The molecule has 0 aliphatic carbocycles. The molecule has 0 radical (unpaired) electrons. The largest absolute Gasteiger partial charge is 0.597 e. The zero-order valence-corrected chi connectivity index (χ0v) is 7.06. The van der Waals surface area contributed by atoms with Crippen LogP contribution in [0.2, 0.25) is 0 Å². The fourth-order valence-electron chi connectivity index (χ4n) is 1.22. The summed E-state index contributed by atoms with van der Waals surface area (Å²) in [5, 5.41) is 5.12.